The topological polar surface area (TPSA) is 9.23 Å². The van der Waals surface area contributed by atoms with E-state index in [0.717, 1.165) is 14.3 Å². The van der Waals surface area contributed by atoms with Crippen LogP contribution in [0.2, 0.25) is 0 Å². The van der Waals surface area contributed by atoms with Crippen molar-refractivity contribution in [2.45, 2.75) is 19.5 Å². The normalized spacial score (nSPS) is 15.4. The number of allylic oxidation sites excluding steroid dienone is 5. The molecule has 0 aromatic rings. The fourth-order valence-corrected chi connectivity index (χ4v) is 2.29. The first-order valence-corrected chi connectivity index (χ1v) is 6.42. The first kappa shape index (κ1) is 14.2. The van der Waals surface area contributed by atoms with Crippen LogP contribution >= 0.6 is 8.58 Å². The standard InChI is InChI=1S/C13H21OP/c1-6-9-13(14-5)10-12(7-2)11(4)15-8-3/h6-7,9-11,15H,1-2,8H2,3-5H3/b12-10+,13-9+. The molecule has 0 saturated carbocycles. The lowest BCUT2D eigenvalue weighted by Gasteiger charge is -2.12. The summed E-state index contributed by atoms with van der Waals surface area (Å²) in [6.07, 6.45) is 8.72. The van der Waals surface area contributed by atoms with Crippen molar-refractivity contribution < 1.29 is 4.74 Å². The Morgan fingerprint density at radius 1 is 1.47 bits per heavy atom. The van der Waals surface area contributed by atoms with Crippen LogP contribution in [0.5, 0.6) is 0 Å². The van der Waals surface area contributed by atoms with Gasteiger partial charge in [-0.2, -0.15) is 0 Å². The molecule has 0 spiro atoms. The Kier molecular flexibility index (Phi) is 8.04. The molecule has 0 rings (SSSR count). The van der Waals surface area contributed by atoms with E-state index in [1.165, 1.54) is 11.7 Å². The van der Waals surface area contributed by atoms with Crippen LogP contribution in [-0.2, 0) is 4.74 Å². The molecule has 0 heterocycles. The molecule has 15 heavy (non-hydrogen) atoms. The second kappa shape index (κ2) is 8.49. The zero-order valence-corrected chi connectivity index (χ0v) is 10.9. The van der Waals surface area contributed by atoms with E-state index in [2.05, 4.69) is 27.0 Å². The summed E-state index contributed by atoms with van der Waals surface area (Å²) in [6.45, 7) is 11.9. The molecule has 0 bridgehead atoms. The summed E-state index contributed by atoms with van der Waals surface area (Å²) in [5.41, 5.74) is 1.78. The van der Waals surface area contributed by atoms with Crippen LogP contribution in [0.3, 0.4) is 0 Å². The molecule has 0 saturated heterocycles. The lowest BCUT2D eigenvalue weighted by Crippen LogP contribution is -1.98. The third-order valence-corrected chi connectivity index (χ3v) is 3.43. The second-order valence-corrected chi connectivity index (χ2v) is 5.12. The van der Waals surface area contributed by atoms with E-state index in [-0.39, 0.29) is 0 Å². The highest BCUT2D eigenvalue weighted by Crippen LogP contribution is 2.26. The number of ether oxygens (including phenoxy) is 1. The summed E-state index contributed by atoms with van der Waals surface area (Å²) >= 11 is 0. The zero-order chi connectivity index (χ0) is 11.7. The van der Waals surface area contributed by atoms with Crippen LogP contribution in [0.25, 0.3) is 0 Å². The van der Waals surface area contributed by atoms with Gasteiger partial charge < -0.3 is 4.74 Å². The molecule has 0 radical (unpaired) electrons. The third-order valence-electron chi connectivity index (χ3n) is 2.07. The molecule has 2 unspecified atom stereocenters. The largest absolute Gasteiger partial charge is 0.497 e. The molecule has 2 atom stereocenters. The Morgan fingerprint density at radius 3 is 2.53 bits per heavy atom. The third kappa shape index (κ3) is 5.59. The van der Waals surface area contributed by atoms with Gasteiger partial charge in [-0.25, -0.2) is 0 Å². The van der Waals surface area contributed by atoms with Crippen LogP contribution in [0, 0.1) is 0 Å². The van der Waals surface area contributed by atoms with Gasteiger partial charge in [0, 0.05) is 0 Å². The van der Waals surface area contributed by atoms with Gasteiger partial charge in [0.2, 0.25) is 0 Å². The van der Waals surface area contributed by atoms with E-state index in [0.29, 0.717) is 5.66 Å². The Labute approximate surface area is 95.4 Å². The maximum atomic E-state index is 5.22. The van der Waals surface area contributed by atoms with Gasteiger partial charge in [0.1, 0.15) is 5.76 Å². The smallest absolute Gasteiger partial charge is 0.119 e. The molecule has 1 nitrogen and oxygen atoms in total. The Morgan fingerprint density at radius 2 is 2.13 bits per heavy atom. The average Bonchev–Trinajstić information content (AvgIpc) is 2.24. The van der Waals surface area contributed by atoms with Crippen LogP contribution in [0.4, 0.5) is 0 Å². The average molecular weight is 224 g/mol. The van der Waals surface area contributed by atoms with Crippen molar-refractivity contribution in [3.63, 3.8) is 0 Å². The van der Waals surface area contributed by atoms with Gasteiger partial charge in [-0.1, -0.05) is 39.2 Å². The molecule has 0 aliphatic carbocycles. The molecule has 0 aromatic carbocycles. The van der Waals surface area contributed by atoms with Crippen LogP contribution < -0.4 is 0 Å². The van der Waals surface area contributed by atoms with Gasteiger partial charge in [0.15, 0.2) is 0 Å². The lowest BCUT2D eigenvalue weighted by molar-refractivity contribution is 0.306. The summed E-state index contributed by atoms with van der Waals surface area (Å²) in [4.78, 5) is 0. The Hall–Kier alpha value is -0.810. The molecule has 0 aliphatic heterocycles. The van der Waals surface area contributed by atoms with Gasteiger partial charge in [0.25, 0.3) is 0 Å². The van der Waals surface area contributed by atoms with E-state index < -0.39 is 0 Å². The molecule has 0 amide bonds. The molecule has 84 valence electrons. The van der Waals surface area contributed by atoms with E-state index >= 15 is 0 Å². The fraction of sp³-hybridized carbons (Fsp3) is 0.385. The van der Waals surface area contributed by atoms with Crippen molar-refractivity contribution in [1.82, 2.24) is 0 Å². The predicted molar refractivity (Wildman–Crippen MR) is 71.9 cm³/mol. The minimum Gasteiger partial charge on any atom is -0.497 e. The van der Waals surface area contributed by atoms with Gasteiger partial charge in [-0.3, -0.25) is 0 Å². The molecule has 0 aromatic heterocycles. The van der Waals surface area contributed by atoms with Crippen LogP contribution in [0.1, 0.15) is 13.8 Å². The highest BCUT2D eigenvalue weighted by molar-refractivity contribution is 7.39. The number of rotatable bonds is 7. The zero-order valence-electron chi connectivity index (χ0n) is 9.92. The highest BCUT2D eigenvalue weighted by Gasteiger charge is 2.04. The van der Waals surface area contributed by atoms with Crippen LogP contribution in [-0.4, -0.2) is 18.9 Å². The summed E-state index contributed by atoms with van der Waals surface area (Å²) in [7, 11) is 2.60. The van der Waals surface area contributed by atoms with Crippen molar-refractivity contribution >= 4 is 8.58 Å². The van der Waals surface area contributed by atoms with E-state index in [4.69, 9.17) is 4.74 Å². The maximum absolute atomic E-state index is 5.22. The second-order valence-electron chi connectivity index (χ2n) is 3.14. The van der Waals surface area contributed by atoms with Crippen molar-refractivity contribution in [2.75, 3.05) is 13.3 Å². The van der Waals surface area contributed by atoms with Crippen molar-refractivity contribution in [3.05, 3.63) is 48.8 Å². The van der Waals surface area contributed by atoms with Gasteiger partial charge in [-0.15, -0.1) is 8.58 Å². The van der Waals surface area contributed by atoms with E-state index in [1.54, 1.807) is 13.2 Å². The quantitative estimate of drug-likeness (QED) is 0.362. The van der Waals surface area contributed by atoms with Crippen molar-refractivity contribution in [1.29, 1.82) is 0 Å². The first-order valence-electron chi connectivity index (χ1n) is 5.13. The van der Waals surface area contributed by atoms with Crippen LogP contribution in [0.15, 0.2) is 48.8 Å². The number of methoxy groups -OCH3 is 1. The predicted octanol–water partition coefficient (Wildman–Crippen LogP) is 3.90. The molecular formula is C13H21OP. The SMILES string of the molecule is C=C/C=C(\C=C(/C=C)C(C)PCC)OC. The van der Waals surface area contributed by atoms with Gasteiger partial charge in [0.05, 0.1) is 7.11 Å². The fourth-order valence-electron chi connectivity index (χ4n) is 1.24. The first-order chi connectivity index (χ1) is 7.19. The maximum Gasteiger partial charge on any atom is 0.119 e. The summed E-state index contributed by atoms with van der Waals surface area (Å²) in [6, 6.07) is 0. The molecule has 0 N–H and O–H groups in total. The number of hydrogen-bond acceptors (Lipinski definition) is 1. The van der Waals surface area contributed by atoms with Gasteiger partial charge in [-0.05, 0) is 29.5 Å². The summed E-state index contributed by atoms with van der Waals surface area (Å²) in [5.74, 6) is 0.827. The molecule has 0 aliphatic rings. The minimum atomic E-state index is 0.552. The Bertz CT molecular complexity index is 264. The molecule has 2 heteroatoms. The van der Waals surface area contributed by atoms with Crippen molar-refractivity contribution in [2.24, 2.45) is 0 Å². The lowest BCUT2D eigenvalue weighted by atomic mass is 10.1. The molecular weight excluding hydrogens is 203 g/mol. The van der Waals surface area contributed by atoms with Gasteiger partial charge >= 0.3 is 0 Å². The van der Waals surface area contributed by atoms with E-state index in [9.17, 15) is 0 Å². The monoisotopic (exact) mass is 224 g/mol. The highest BCUT2D eigenvalue weighted by atomic mass is 31.1. The minimum absolute atomic E-state index is 0.552. The molecule has 0 fully saturated rings. The number of hydrogen-bond donors (Lipinski definition) is 0. The Balaban J connectivity index is 4.76. The van der Waals surface area contributed by atoms with E-state index in [1.807, 2.05) is 18.2 Å². The summed E-state index contributed by atoms with van der Waals surface area (Å²) < 4.78 is 5.22. The summed E-state index contributed by atoms with van der Waals surface area (Å²) in [5, 5.41) is 0. The van der Waals surface area contributed by atoms with Crippen molar-refractivity contribution in [3.8, 4) is 0 Å².